The molecule has 9 aromatic rings. The van der Waals surface area contributed by atoms with E-state index < -0.39 is 0 Å². The molecule has 4 aromatic heterocycles. The van der Waals surface area contributed by atoms with E-state index in [0.29, 0.717) is 11.8 Å². The van der Waals surface area contributed by atoms with Crippen molar-refractivity contribution >= 4 is 43.9 Å². The summed E-state index contributed by atoms with van der Waals surface area (Å²) in [5.74, 6) is 1.51. The molecule has 4 heterocycles. The molecule has 5 aromatic carbocycles. The Morgan fingerprint density at radius 1 is 0.686 bits per heavy atom. The molecule has 0 saturated heterocycles. The number of pyridine rings is 1. The Morgan fingerprint density at radius 2 is 1.45 bits per heavy atom. The van der Waals surface area contributed by atoms with Crippen molar-refractivity contribution in [1.82, 2.24) is 24.5 Å². The van der Waals surface area contributed by atoms with Gasteiger partial charge in [0.05, 0.1) is 22.4 Å². The van der Waals surface area contributed by atoms with E-state index in [4.69, 9.17) is 9.40 Å². The van der Waals surface area contributed by atoms with E-state index in [9.17, 15) is 0 Å². The maximum atomic E-state index is 6.62. The molecule has 1 radical (unpaired) electrons. The first-order chi connectivity index (χ1) is 24.5. The molecule has 253 valence electrons. The number of benzene rings is 5. The first-order valence-corrected chi connectivity index (χ1v) is 16.9. The van der Waals surface area contributed by atoms with Crippen molar-refractivity contribution in [2.45, 2.75) is 39.5 Å². The van der Waals surface area contributed by atoms with Crippen LogP contribution in [0.4, 0.5) is 0 Å². The summed E-state index contributed by atoms with van der Waals surface area (Å²) in [5, 5.41) is 2.99. The van der Waals surface area contributed by atoms with Gasteiger partial charge in [-0.2, -0.15) is 0 Å². The molecule has 0 spiro atoms. The van der Waals surface area contributed by atoms with Gasteiger partial charge in [0.1, 0.15) is 17.4 Å². The minimum atomic E-state index is 0. The Kier molecular flexibility index (Phi) is 9.59. The van der Waals surface area contributed by atoms with Crippen molar-refractivity contribution in [3.05, 3.63) is 151 Å². The molecule has 0 saturated carbocycles. The fraction of sp³-hybridized carbons (Fsp3) is 0.136. The SMILES string of the molecule is CC(C)c1cccc(C(C)C)c1-n1c(-c2[c-]ccc3c2oc2c3ccc3cncnc32)nc2ccccc21.[Ir].[c-]1ccccc1-c1ccccn1. The number of para-hydroxylation sites is 3. The van der Waals surface area contributed by atoms with Crippen LogP contribution in [-0.4, -0.2) is 24.5 Å². The summed E-state index contributed by atoms with van der Waals surface area (Å²) in [7, 11) is 0. The van der Waals surface area contributed by atoms with Crippen LogP contribution >= 0.6 is 0 Å². The monoisotopic (exact) mass is 842 g/mol. The summed E-state index contributed by atoms with van der Waals surface area (Å²) in [6.45, 7) is 9.00. The molecular weight excluding hydrogens is 807 g/mol. The minimum Gasteiger partial charge on any atom is -0.498 e. The zero-order valence-corrected chi connectivity index (χ0v) is 31.2. The van der Waals surface area contributed by atoms with Gasteiger partial charge in [-0.3, -0.25) is 4.98 Å². The van der Waals surface area contributed by atoms with Crippen molar-refractivity contribution in [3.63, 3.8) is 0 Å². The number of rotatable bonds is 5. The van der Waals surface area contributed by atoms with Crippen LogP contribution in [0.3, 0.4) is 0 Å². The predicted molar refractivity (Wildman–Crippen MR) is 202 cm³/mol. The normalized spacial score (nSPS) is 11.3. The van der Waals surface area contributed by atoms with Crippen molar-refractivity contribution in [3.8, 4) is 28.3 Å². The molecule has 9 rings (SSSR count). The molecule has 0 N–H and O–H groups in total. The zero-order chi connectivity index (χ0) is 34.2. The molecule has 0 unspecified atom stereocenters. The van der Waals surface area contributed by atoms with Gasteiger partial charge in [0.15, 0.2) is 0 Å². The molecule has 0 aliphatic heterocycles. The Labute approximate surface area is 310 Å². The molecule has 0 aliphatic rings. The van der Waals surface area contributed by atoms with Gasteiger partial charge in [-0.25, -0.2) is 9.97 Å². The van der Waals surface area contributed by atoms with Crippen LogP contribution < -0.4 is 0 Å². The number of furan rings is 1. The van der Waals surface area contributed by atoms with Crippen LogP contribution in [0.15, 0.2) is 132 Å². The summed E-state index contributed by atoms with van der Waals surface area (Å²) in [6.07, 6.45) is 5.17. The Balaban J connectivity index is 0.000000265. The van der Waals surface area contributed by atoms with Crippen LogP contribution in [0, 0.1) is 12.1 Å². The zero-order valence-electron chi connectivity index (χ0n) is 28.8. The third kappa shape index (κ3) is 6.24. The standard InChI is InChI=1S/C33H27N4O.C11H8N.Ir/c1-19(2)22-9-7-10-23(20(3)4)30(22)37-28-14-6-5-13-27(28)36-33(37)26-12-8-11-24-25-16-15-21-17-34-18-35-29(21)32(25)38-31(24)26;1-2-6-10(7-3-1)11-8-4-5-9-12-11;/h5-11,13-20H,1-4H3;1-6,8-9H;/q2*-1;. The number of nitrogens with zero attached hydrogens (tertiary/aromatic N) is 5. The first-order valence-electron chi connectivity index (χ1n) is 16.9. The number of imidazole rings is 1. The molecular formula is C44H35IrN5O-2. The Bertz CT molecular complexity index is 2550. The van der Waals surface area contributed by atoms with E-state index >= 15 is 0 Å². The smallest absolute Gasteiger partial charge is 0.147 e. The fourth-order valence-corrected chi connectivity index (χ4v) is 6.68. The van der Waals surface area contributed by atoms with Gasteiger partial charge < -0.3 is 14.0 Å². The molecule has 0 atom stereocenters. The van der Waals surface area contributed by atoms with Gasteiger partial charge in [-0.15, -0.1) is 54.1 Å². The van der Waals surface area contributed by atoms with E-state index in [1.54, 1.807) is 12.5 Å². The summed E-state index contributed by atoms with van der Waals surface area (Å²) >= 11 is 0. The van der Waals surface area contributed by atoms with Crippen LogP contribution in [0.5, 0.6) is 0 Å². The van der Waals surface area contributed by atoms with Crippen molar-refractivity contribution in [2.75, 3.05) is 0 Å². The average Bonchev–Trinajstić information content (AvgIpc) is 3.74. The Hall–Kier alpha value is -5.49. The van der Waals surface area contributed by atoms with Crippen LogP contribution in [0.1, 0.15) is 50.7 Å². The fourth-order valence-electron chi connectivity index (χ4n) is 6.68. The van der Waals surface area contributed by atoms with E-state index in [0.717, 1.165) is 66.5 Å². The van der Waals surface area contributed by atoms with Crippen LogP contribution in [-0.2, 0) is 20.1 Å². The van der Waals surface area contributed by atoms with Gasteiger partial charge in [0.25, 0.3) is 0 Å². The number of hydrogen-bond acceptors (Lipinski definition) is 5. The first kappa shape index (κ1) is 34.0. The van der Waals surface area contributed by atoms with E-state index in [-0.39, 0.29) is 20.1 Å². The van der Waals surface area contributed by atoms with Crippen LogP contribution in [0.2, 0.25) is 0 Å². The van der Waals surface area contributed by atoms with Crippen molar-refractivity contribution in [1.29, 1.82) is 0 Å². The van der Waals surface area contributed by atoms with Gasteiger partial charge >= 0.3 is 0 Å². The second-order valence-corrected chi connectivity index (χ2v) is 12.9. The molecule has 0 fully saturated rings. The van der Waals surface area contributed by atoms with Gasteiger partial charge in [-0.1, -0.05) is 93.2 Å². The minimum absolute atomic E-state index is 0. The van der Waals surface area contributed by atoms with Gasteiger partial charge in [0.2, 0.25) is 0 Å². The summed E-state index contributed by atoms with van der Waals surface area (Å²) < 4.78 is 8.94. The quantitative estimate of drug-likeness (QED) is 0.161. The van der Waals surface area contributed by atoms with Crippen molar-refractivity contribution < 1.29 is 24.5 Å². The number of aromatic nitrogens is 5. The van der Waals surface area contributed by atoms with Gasteiger partial charge in [0, 0.05) is 49.0 Å². The molecule has 0 amide bonds. The maximum Gasteiger partial charge on any atom is 0.147 e. The average molecular weight is 842 g/mol. The largest absolute Gasteiger partial charge is 0.498 e. The van der Waals surface area contributed by atoms with Crippen LogP contribution in [0.25, 0.3) is 72.2 Å². The third-order valence-corrected chi connectivity index (χ3v) is 9.07. The number of hydrogen-bond donors (Lipinski definition) is 0. The van der Waals surface area contributed by atoms with E-state index in [2.05, 4.69) is 108 Å². The van der Waals surface area contributed by atoms with E-state index in [1.165, 1.54) is 16.8 Å². The summed E-state index contributed by atoms with van der Waals surface area (Å²) in [4.78, 5) is 18.1. The molecule has 6 nitrogen and oxygen atoms in total. The second kappa shape index (κ2) is 14.4. The molecule has 0 bridgehead atoms. The topological polar surface area (TPSA) is 69.6 Å². The molecule has 0 aliphatic carbocycles. The summed E-state index contributed by atoms with van der Waals surface area (Å²) in [5.41, 5.74) is 11.0. The Morgan fingerprint density at radius 3 is 2.20 bits per heavy atom. The van der Waals surface area contributed by atoms with Gasteiger partial charge in [-0.05, 0) is 46.9 Å². The van der Waals surface area contributed by atoms with E-state index in [1.807, 2.05) is 66.9 Å². The predicted octanol–water partition coefficient (Wildman–Crippen LogP) is 11.1. The summed E-state index contributed by atoms with van der Waals surface area (Å²) in [6, 6.07) is 43.5. The molecule has 7 heteroatoms. The van der Waals surface area contributed by atoms with Crippen molar-refractivity contribution in [2.24, 2.45) is 0 Å². The number of fused-ring (bicyclic) bond motifs is 6. The second-order valence-electron chi connectivity index (χ2n) is 12.9. The molecule has 51 heavy (non-hydrogen) atoms. The third-order valence-electron chi connectivity index (χ3n) is 9.07. The maximum absolute atomic E-state index is 6.62.